The van der Waals surface area contributed by atoms with Crippen molar-refractivity contribution in [3.05, 3.63) is 47.3 Å². The molecule has 0 unspecified atom stereocenters. The molecule has 0 spiro atoms. The standard InChI is InChI=1S/C35H51FN4O7/c1-23-6-8-30(41)20-33(43)47-34(24(2)7-9-31(23)46-35(44)39-14-12-38(4)13-15-39)25(3)16-26-17-27(36)19-29(18-26)40-11-10-28(21-40)37-32(42)22-45-5/h7,9,16-19,23-24,28,30-31,34,41H,6,8,10-15,20-22H2,1-5H3,(H,37,42)/b9-7+,25-16+/t23-,24-,28-,30+,31-,34-/m0/s1. The summed E-state index contributed by atoms with van der Waals surface area (Å²) in [4.78, 5) is 43.9. The molecule has 3 heterocycles. The van der Waals surface area contributed by atoms with Gasteiger partial charge in [0.2, 0.25) is 5.91 Å². The smallest absolute Gasteiger partial charge is 0.410 e. The number of halogens is 1. The molecule has 2 saturated heterocycles. The molecular formula is C35H51FN4O7. The van der Waals surface area contributed by atoms with Crippen LogP contribution in [0.5, 0.6) is 0 Å². The molecule has 11 nitrogen and oxygen atoms in total. The average Bonchev–Trinajstić information content (AvgIpc) is 3.48. The first-order valence-electron chi connectivity index (χ1n) is 16.6. The number of benzene rings is 1. The second-order valence-corrected chi connectivity index (χ2v) is 13.3. The lowest BCUT2D eigenvalue weighted by Gasteiger charge is -2.33. The Morgan fingerprint density at radius 2 is 1.83 bits per heavy atom. The topological polar surface area (TPSA) is 121 Å². The Bertz CT molecular complexity index is 1300. The molecule has 12 heteroatoms. The third-order valence-corrected chi connectivity index (χ3v) is 9.20. The van der Waals surface area contributed by atoms with Gasteiger partial charge in [-0.3, -0.25) is 9.59 Å². The zero-order valence-corrected chi connectivity index (χ0v) is 28.3. The van der Waals surface area contributed by atoms with Gasteiger partial charge in [0.05, 0.1) is 12.5 Å². The summed E-state index contributed by atoms with van der Waals surface area (Å²) in [6.07, 6.45) is 4.61. The molecule has 260 valence electrons. The van der Waals surface area contributed by atoms with Crippen molar-refractivity contribution in [2.75, 3.05) is 64.9 Å². The van der Waals surface area contributed by atoms with E-state index < -0.39 is 30.1 Å². The lowest BCUT2D eigenvalue weighted by Crippen LogP contribution is -2.48. The van der Waals surface area contributed by atoms with E-state index >= 15 is 0 Å². The van der Waals surface area contributed by atoms with Crippen molar-refractivity contribution in [3.8, 4) is 0 Å². The van der Waals surface area contributed by atoms with Crippen molar-refractivity contribution in [2.24, 2.45) is 11.8 Å². The Labute approximate surface area is 277 Å². The molecule has 1 aromatic rings. The summed E-state index contributed by atoms with van der Waals surface area (Å²) in [6.45, 7) is 9.69. The molecule has 6 atom stereocenters. The summed E-state index contributed by atoms with van der Waals surface area (Å²) in [7, 11) is 3.49. The summed E-state index contributed by atoms with van der Waals surface area (Å²) in [5.41, 5.74) is 2.00. The number of cyclic esters (lactones) is 1. The van der Waals surface area contributed by atoms with Gasteiger partial charge in [-0.2, -0.15) is 0 Å². The highest BCUT2D eigenvalue weighted by Crippen LogP contribution is 2.28. The highest BCUT2D eigenvalue weighted by atomic mass is 19.1. The van der Waals surface area contributed by atoms with Crippen LogP contribution >= 0.6 is 0 Å². The number of aliphatic hydroxyl groups is 1. The Kier molecular flexibility index (Phi) is 13.2. The molecule has 3 aliphatic heterocycles. The maximum atomic E-state index is 14.9. The number of hydrogen-bond donors (Lipinski definition) is 2. The first-order chi connectivity index (χ1) is 22.4. The van der Waals surface area contributed by atoms with Crippen LogP contribution in [0.4, 0.5) is 14.9 Å². The molecule has 3 aliphatic rings. The number of nitrogens with zero attached hydrogens (tertiary/aromatic N) is 3. The minimum atomic E-state index is -0.892. The van der Waals surface area contributed by atoms with E-state index in [1.165, 1.54) is 19.2 Å². The Morgan fingerprint density at radius 1 is 1.09 bits per heavy atom. The Balaban J connectivity index is 1.52. The van der Waals surface area contributed by atoms with Crippen molar-refractivity contribution >= 4 is 29.7 Å². The van der Waals surface area contributed by atoms with Crippen LogP contribution in [0.3, 0.4) is 0 Å². The van der Waals surface area contributed by atoms with Gasteiger partial charge >= 0.3 is 12.1 Å². The highest BCUT2D eigenvalue weighted by molar-refractivity contribution is 5.77. The second kappa shape index (κ2) is 17.1. The van der Waals surface area contributed by atoms with E-state index in [2.05, 4.69) is 10.2 Å². The molecule has 2 amide bonds. The van der Waals surface area contributed by atoms with E-state index in [0.717, 1.165) is 19.5 Å². The molecule has 1 aromatic carbocycles. The normalized spacial score (nSPS) is 29.0. The number of esters is 1. The van der Waals surface area contributed by atoms with Crippen LogP contribution < -0.4 is 10.2 Å². The zero-order chi connectivity index (χ0) is 34.1. The van der Waals surface area contributed by atoms with E-state index in [9.17, 15) is 23.9 Å². The third-order valence-electron chi connectivity index (χ3n) is 9.20. The molecule has 2 N–H and O–H groups in total. The van der Waals surface area contributed by atoms with E-state index in [-0.39, 0.29) is 42.9 Å². The van der Waals surface area contributed by atoms with Crippen molar-refractivity contribution < 1.29 is 38.1 Å². The number of methoxy groups -OCH3 is 1. The Morgan fingerprint density at radius 3 is 2.55 bits per heavy atom. The number of likely N-dealkylation sites (N-methyl/N-ethyl adjacent to an activating group) is 1. The SMILES string of the molecule is COCC(=O)N[C@H]1CCN(c2cc(F)cc(/C=C(\C)[C@H]3OC(=O)C[C@H](O)CC[C@H](C)[C@@H](OC(=O)N4CCN(C)CC4)/C=C/[C@@H]3C)c2)C1. The van der Waals surface area contributed by atoms with Crippen molar-refractivity contribution in [1.82, 2.24) is 15.1 Å². The fourth-order valence-electron chi connectivity index (χ4n) is 6.35. The van der Waals surface area contributed by atoms with Crippen LogP contribution in [0, 0.1) is 17.7 Å². The number of rotatable bonds is 7. The van der Waals surface area contributed by atoms with E-state index in [0.29, 0.717) is 55.8 Å². The van der Waals surface area contributed by atoms with Gasteiger partial charge in [-0.15, -0.1) is 0 Å². The van der Waals surface area contributed by atoms with Crippen LogP contribution in [-0.2, 0) is 23.8 Å². The monoisotopic (exact) mass is 658 g/mol. The number of carbonyl (C=O) groups is 3. The van der Waals surface area contributed by atoms with Gasteiger partial charge in [0.1, 0.15) is 24.6 Å². The van der Waals surface area contributed by atoms with Gasteiger partial charge in [-0.05, 0) is 74.6 Å². The fraction of sp³-hybridized carbons (Fsp3) is 0.629. The highest BCUT2D eigenvalue weighted by Gasteiger charge is 2.30. The van der Waals surface area contributed by atoms with Gasteiger partial charge in [-0.1, -0.05) is 26.0 Å². The quantitative estimate of drug-likeness (QED) is 0.335. The average molecular weight is 659 g/mol. The molecule has 4 rings (SSSR count). The molecule has 0 aliphatic carbocycles. The van der Waals surface area contributed by atoms with Gasteiger partial charge in [0.15, 0.2) is 0 Å². The number of nitrogens with one attached hydrogen (secondary N) is 1. The molecule has 47 heavy (non-hydrogen) atoms. The van der Waals surface area contributed by atoms with Crippen LogP contribution in [0.1, 0.15) is 52.0 Å². The van der Waals surface area contributed by atoms with Crippen LogP contribution in [0.25, 0.3) is 6.08 Å². The minimum Gasteiger partial charge on any atom is -0.457 e. The van der Waals surface area contributed by atoms with E-state index in [1.54, 1.807) is 11.0 Å². The minimum absolute atomic E-state index is 0.00949. The van der Waals surface area contributed by atoms with Gasteiger partial charge in [0.25, 0.3) is 0 Å². The predicted molar refractivity (Wildman–Crippen MR) is 177 cm³/mol. The number of carbonyl (C=O) groups excluding carboxylic acids is 3. The summed E-state index contributed by atoms with van der Waals surface area (Å²) in [5, 5.41) is 13.6. The first kappa shape index (κ1) is 36.4. The molecule has 0 aromatic heterocycles. The number of amides is 2. The maximum Gasteiger partial charge on any atom is 0.410 e. The number of hydrogen-bond acceptors (Lipinski definition) is 9. The van der Waals surface area contributed by atoms with E-state index in [4.69, 9.17) is 14.2 Å². The first-order valence-corrected chi connectivity index (χ1v) is 16.6. The number of aliphatic hydroxyl groups excluding tert-OH is 1. The number of piperazine rings is 1. The molecular weight excluding hydrogens is 607 g/mol. The summed E-state index contributed by atoms with van der Waals surface area (Å²) in [5.74, 6) is -1.50. The van der Waals surface area contributed by atoms with Gasteiger partial charge in [-0.25, -0.2) is 9.18 Å². The molecule has 2 fully saturated rings. The number of ether oxygens (including phenoxy) is 3. The zero-order valence-electron chi connectivity index (χ0n) is 28.3. The maximum absolute atomic E-state index is 14.9. The molecule has 0 saturated carbocycles. The molecule has 0 bridgehead atoms. The summed E-state index contributed by atoms with van der Waals surface area (Å²) < 4.78 is 31.7. The third kappa shape index (κ3) is 10.8. The van der Waals surface area contributed by atoms with Crippen LogP contribution in [0.15, 0.2) is 35.9 Å². The van der Waals surface area contributed by atoms with Crippen molar-refractivity contribution in [1.29, 1.82) is 0 Å². The molecule has 0 radical (unpaired) electrons. The fourth-order valence-corrected chi connectivity index (χ4v) is 6.35. The van der Waals surface area contributed by atoms with Gasteiger partial charge < -0.3 is 39.3 Å². The predicted octanol–water partition coefficient (Wildman–Crippen LogP) is 3.61. The van der Waals surface area contributed by atoms with Gasteiger partial charge in [0, 0.05) is 64.0 Å². The lowest BCUT2D eigenvalue weighted by atomic mass is 9.91. The van der Waals surface area contributed by atoms with Crippen molar-refractivity contribution in [3.63, 3.8) is 0 Å². The lowest BCUT2D eigenvalue weighted by molar-refractivity contribution is -0.151. The van der Waals surface area contributed by atoms with E-state index in [1.807, 2.05) is 50.9 Å². The second-order valence-electron chi connectivity index (χ2n) is 13.3. The van der Waals surface area contributed by atoms with Crippen LogP contribution in [0.2, 0.25) is 0 Å². The Hall–Kier alpha value is -3.48. The van der Waals surface area contributed by atoms with Crippen molar-refractivity contribution in [2.45, 2.75) is 70.8 Å². The number of anilines is 1. The summed E-state index contributed by atoms with van der Waals surface area (Å²) >= 11 is 0. The summed E-state index contributed by atoms with van der Waals surface area (Å²) in [6, 6.07) is 4.72. The van der Waals surface area contributed by atoms with Crippen LogP contribution in [-0.4, -0.2) is 117 Å². The largest absolute Gasteiger partial charge is 0.457 e.